The predicted molar refractivity (Wildman–Crippen MR) is 68.5 cm³/mol. The Kier molecular flexibility index (Phi) is 4.09. The third-order valence-electron chi connectivity index (χ3n) is 3.13. The van der Waals surface area contributed by atoms with Crippen molar-refractivity contribution in [3.63, 3.8) is 0 Å². The van der Waals surface area contributed by atoms with Gasteiger partial charge in [-0.25, -0.2) is 0 Å². The van der Waals surface area contributed by atoms with E-state index in [4.69, 9.17) is 5.73 Å². The molecule has 2 heteroatoms. The van der Waals surface area contributed by atoms with Crippen LogP contribution in [-0.2, 0) is 6.42 Å². The molecule has 0 saturated carbocycles. The van der Waals surface area contributed by atoms with Crippen LogP contribution in [0.1, 0.15) is 29.9 Å². The van der Waals surface area contributed by atoms with Crippen molar-refractivity contribution in [2.75, 3.05) is 18.1 Å². The van der Waals surface area contributed by atoms with Gasteiger partial charge >= 0.3 is 0 Å². The summed E-state index contributed by atoms with van der Waals surface area (Å²) in [5.41, 5.74) is 8.68. The Labute approximate surface area is 96.4 Å². The van der Waals surface area contributed by atoms with Crippen LogP contribution in [0.25, 0.3) is 0 Å². The topological polar surface area (TPSA) is 26.0 Å². The summed E-state index contributed by atoms with van der Waals surface area (Å²) in [6.07, 6.45) is 3.71. The van der Waals surface area contributed by atoms with Crippen molar-refractivity contribution in [2.24, 2.45) is 5.73 Å². The molecule has 0 aliphatic carbocycles. The van der Waals surface area contributed by atoms with Crippen LogP contribution in [-0.4, -0.2) is 18.1 Å². The highest BCUT2D eigenvalue weighted by Crippen LogP contribution is 2.33. The molecule has 1 aromatic rings. The van der Waals surface area contributed by atoms with Gasteiger partial charge in [0.2, 0.25) is 0 Å². The lowest BCUT2D eigenvalue weighted by atomic mass is 9.89. The highest BCUT2D eigenvalue weighted by molar-refractivity contribution is 7.99. The minimum atomic E-state index is 0.762. The first kappa shape index (κ1) is 11.0. The Morgan fingerprint density at radius 3 is 2.67 bits per heavy atom. The van der Waals surface area contributed by atoms with E-state index in [1.807, 2.05) is 0 Å². The van der Waals surface area contributed by atoms with E-state index in [0.717, 1.165) is 18.9 Å². The quantitative estimate of drug-likeness (QED) is 0.849. The fraction of sp³-hybridized carbons (Fsp3) is 0.538. The maximum atomic E-state index is 5.65. The van der Waals surface area contributed by atoms with E-state index in [1.165, 1.54) is 29.9 Å². The van der Waals surface area contributed by atoms with Crippen molar-refractivity contribution in [2.45, 2.75) is 25.2 Å². The van der Waals surface area contributed by atoms with Crippen molar-refractivity contribution >= 4 is 11.8 Å². The molecule has 0 bridgehead atoms. The highest BCUT2D eigenvalue weighted by Gasteiger charge is 2.17. The molecule has 1 fully saturated rings. The van der Waals surface area contributed by atoms with Gasteiger partial charge in [0.05, 0.1) is 0 Å². The molecule has 0 aromatic heterocycles. The fourth-order valence-electron chi connectivity index (χ4n) is 2.32. The second kappa shape index (κ2) is 5.57. The van der Waals surface area contributed by atoms with Crippen LogP contribution in [0.2, 0.25) is 0 Å². The molecular formula is C13H19NS. The van der Waals surface area contributed by atoms with Gasteiger partial charge in [-0.1, -0.05) is 24.3 Å². The number of rotatable bonds is 3. The molecule has 1 aliphatic rings. The van der Waals surface area contributed by atoms with Gasteiger partial charge in [-0.05, 0) is 54.4 Å². The Balaban J connectivity index is 2.17. The lowest BCUT2D eigenvalue weighted by Crippen LogP contribution is -2.12. The molecule has 1 aromatic carbocycles. The lowest BCUT2D eigenvalue weighted by molar-refractivity contribution is 0.630. The summed E-state index contributed by atoms with van der Waals surface area (Å²) in [5.74, 6) is 3.43. The zero-order valence-corrected chi connectivity index (χ0v) is 9.93. The number of thioether (sulfide) groups is 1. The number of hydrogen-bond acceptors (Lipinski definition) is 2. The molecule has 0 amide bonds. The minimum Gasteiger partial charge on any atom is -0.330 e. The summed E-state index contributed by atoms with van der Waals surface area (Å²) < 4.78 is 0. The van der Waals surface area contributed by atoms with Crippen molar-refractivity contribution < 1.29 is 0 Å². The second-order valence-electron chi connectivity index (χ2n) is 4.12. The zero-order chi connectivity index (χ0) is 10.5. The van der Waals surface area contributed by atoms with E-state index in [1.54, 1.807) is 5.56 Å². The lowest BCUT2D eigenvalue weighted by Gasteiger charge is -2.24. The summed E-state index contributed by atoms with van der Waals surface area (Å²) >= 11 is 2.09. The van der Waals surface area contributed by atoms with Gasteiger partial charge in [0.15, 0.2) is 0 Å². The Morgan fingerprint density at radius 1 is 1.20 bits per heavy atom. The van der Waals surface area contributed by atoms with Crippen LogP contribution in [0.5, 0.6) is 0 Å². The number of benzene rings is 1. The SMILES string of the molecule is NCCc1ccccc1C1CCSCC1. The standard InChI is InChI=1S/C13H19NS/c14-8-5-11-3-1-2-4-13(11)12-6-9-15-10-7-12/h1-4,12H,5-10,14H2. The van der Waals surface area contributed by atoms with E-state index in [-0.39, 0.29) is 0 Å². The average molecular weight is 221 g/mol. The third kappa shape index (κ3) is 2.76. The smallest absolute Gasteiger partial charge is 0.00366 e. The molecule has 15 heavy (non-hydrogen) atoms. The summed E-state index contributed by atoms with van der Waals surface area (Å²) in [6, 6.07) is 8.83. The maximum Gasteiger partial charge on any atom is -0.00366 e. The van der Waals surface area contributed by atoms with Crippen molar-refractivity contribution in [1.82, 2.24) is 0 Å². The van der Waals surface area contributed by atoms with Crippen LogP contribution in [0.4, 0.5) is 0 Å². The Bertz CT molecular complexity index is 305. The van der Waals surface area contributed by atoms with Gasteiger partial charge in [-0.15, -0.1) is 0 Å². The molecule has 1 saturated heterocycles. The molecule has 1 aliphatic heterocycles. The average Bonchev–Trinajstić information content (AvgIpc) is 2.31. The van der Waals surface area contributed by atoms with Crippen molar-refractivity contribution in [1.29, 1.82) is 0 Å². The maximum absolute atomic E-state index is 5.65. The van der Waals surface area contributed by atoms with E-state index >= 15 is 0 Å². The summed E-state index contributed by atoms with van der Waals surface area (Å²) in [6.45, 7) is 0.762. The second-order valence-corrected chi connectivity index (χ2v) is 5.35. The molecule has 82 valence electrons. The number of hydrogen-bond donors (Lipinski definition) is 1. The van der Waals surface area contributed by atoms with Gasteiger partial charge in [-0.2, -0.15) is 11.8 Å². The normalized spacial score (nSPS) is 17.9. The van der Waals surface area contributed by atoms with Crippen molar-refractivity contribution in [3.05, 3.63) is 35.4 Å². The Morgan fingerprint density at radius 2 is 1.93 bits per heavy atom. The van der Waals surface area contributed by atoms with Crippen LogP contribution in [0, 0.1) is 0 Å². The van der Waals surface area contributed by atoms with E-state index in [9.17, 15) is 0 Å². The highest BCUT2D eigenvalue weighted by atomic mass is 32.2. The van der Waals surface area contributed by atoms with Gasteiger partial charge < -0.3 is 5.73 Å². The molecule has 0 spiro atoms. The van der Waals surface area contributed by atoms with Crippen LogP contribution < -0.4 is 5.73 Å². The molecule has 0 radical (unpaired) electrons. The minimum absolute atomic E-state index is 0.762. The van der Waals surface area contributed by atoms with Crippen LogP contribution in [0.3, 0.4) is 0 Å². The largest absolute Gasteiger partial charge is 0.330 e. The molecule has 1 heterocycles. The summed E-state index contributed by atoms with van der Waals surface area (Å²) in [5, 5.41) is 0. The molecule has 2 N–H and O–H groups in total. The molecule has 2 rings (SSSR count). The molecule has 0 atom stereocenters. The van der Waals surface area contributed by atoms with Gasteiger partial charge in [0, 0.05) is 0 Å². The summed E-state index contributed by atoms with van der Waals surface area (Å²) in [4.78, 5) is 0. The molecule has 1 nitrogen and oxygen atoms in total. The third-order valence-corrected chi connectivity index (χ3v) is 4.18. The predicted octanol–water partition coefficient (Wildman–Crippen LogP) is 2.80. The first-order valence-electron chi connectivity index (χ1n) is 5.77. The zero-order valence-electron chi connectivity index (χ0n) is 9.11. The van der Waals surface area contributed by atoms with E-state index < -0.39 is 0 Å². The van der Waals surface area contributed by atoms with E-state index in [2.05, 4.69) is 36.0 Å². The van der Waals surface area contributed by atoms with Gasteiger partial charge in [-0.3, -0.25) is 0 Å². The van der Waals surface area contributed by atoms with Crippen LogP contribution >= 0.6 is 11.8 Å². The monoisotopic (exact) mass is 221 g/mol. The summed E-state index contributed by atoms with van der Waals surface area (Å²) in [7, 11) is 0. The van der Waals surface area contributed by atoms with Crippen LogP contribution in [0.15, 0.2) is 24.3 Å². The first-order valence-corrected chi connectivity index (χ1v) is 6.93. The van der Waals surface area contributed by atoms with Gasteiger partial charge in [0.1, 0.15) is 0 Å². The molecule has 0 unspecified atom stereocenters. The fourth-order valence-corrected chi connectivity index (χ4v) is 3.43. The molecular weight excluding hydrogens is 202 g/mol. The van der Waals surface area contributed by atoms with E-state index in [0.29, 0.717) is 0 Å². The Hall–Kier alpha value is -0.470. The van der Waals surface area contributed by atoms with Crippen molar-refractivity contribution in [3.8, 4) is 0 Å². The first-order chi connectivity index (χ1) is 7.42. The number of nitrogens with two attached hydrogens (primary N) is 1. The van der Waals surface area contributed by atoms with Gasteiger partial charge in [0.25, 0.3) is 0 Å².